The molecular formula is C15H19NO5. The first-order valence-corrected chi connectivity index (χ1v) is 6.39. The van der Waals surface area contributed by atoms with E-state index in [1.165, 1.54) is 6.92 Å². The van der Waals surface area contributed by atoms with Gasteiger partial charge in [0.2, 0.25) is 0 Å². The summed E-state index contributed by atoms with van der Waals surface area (Å²) < 4.78 is 4.91. The third-order valence-corrected chi connectivity index (χ3v) is 2.81. The Bertz CT molecular complexity index is 498. The minimum atomic E-state index is -1.76. The fourth-order valence-corrected chi connectivity index (χ4v) is 1.37. The predicted octanol–water partition coefficient (Wildman–Crippen LogP) is 0.144. The monoisotopic (exact) mass is 293 g/mol. The first-order valence-electron chi connectivity index (χ1n) is 6.39. The summed E-state index contributed by atoms with van der Waals surface area (Å²) in [4.78, 5) is 23.0. The minimum absolute atomic E-state index is 0.0368. The molecular weight excluding hydrogens is 274 g/mol. The molecule has 0 aliphatic heterocycles. The molecule has 6 nitrogen and oxygen atoms in total. The van der Waals surface area contributed by atoms with Crippen LogP contribution >= 0.6 is 0 Å². The molecule has 2 unspecified atom stereocenters. The first kappa shape index (κ1) is 16.9. The Morgan fingerprint density at radius 2 is 2.05 bits per heavy atom. The van der Waals surface area contributed by atoms with Gasteiger partial charge in [-0.2, -0.15) is 0 Å². The number of esters is 1. The smallest absolute Gasteiger partial charge is 0.337 e. The van der Waals surface area contributed by atoms with Gasteiger partial charge in [-0.1, -0.05) is 43.0 Å². The molecule has 0 spiro atoms. The molecule has 114 valence electrons. The Hall–Kier alpha value is -2.18. The number of carbonyl (C=O) groups is 2. The van der Waals surface area contributed by atoms with Gasteiger partial charge in [0.15, 0.2) is 11.7 Å². The van der Waals surface area contributed by atoms with Crippen LogP contribution in [-0.4, -0.2) is 40.3 Å². The number of aliphatic hydroxyl groups is 2. The molecule has 1 amide bonds. The van der Waals surface area contributed by atoms with Crippen LogP contribution in [0.4, 0.5) is 0 Å². The summed E-state index contributed by atoms with van der Waals surface area (Å²) in [6, 6.07) is 9.00. The molecule has 0 aromatic heterocycles. The van der Waals surface area contributed by atoms with Crippen molar-refractivity contribution in [2.24, 2.45) is 0 Å². The van der Waals surface area contributed by atoms with Crippen LogP contribution in [-0.2, 0) is 20.9 Å². The second kappa shape index (κ2) is 7.56. The zero-order valence-electron chi connectivity index (χ0n) is 11.8. The van der Waals surface area contributed by atoms with E-state index in [1.54, 1.807) is 24.3 Å². The number of benzene rings is 1. The van der Waals surface area contributed by atoms with Gasteiger partial charge in [0.05, 0.1) is 6.54 Å². The van der Waals surface area contributed by atoms with Gasteiger partial charge >= 0.3 is 5.97 Å². The van der Waals surface area contributed by atoms with Crippen LogP contribution in [0, 0.1) is 0 Å². The van der Waals surface area contributed by atoms with Crippen molar-refractivity contribution in [2.45, 2.75) is 25.2 Å². The highest BCUT2D eigenvalue weighted by Gasteiger charge is 2.27. The van der Waals surface area contributed by atoms with Crippen molar-refractivity contribution in [1.82, 2.24) is 5.32 Å². The van der Waals surface area contributed by atoms with Gasteiger partial charge in [-0.3, -0.25) is 4.79 Å². The number of hydrogen-bond acceptors (Lipinski definition) is 5. The van der Waals surface area contributed by atoms with Crippen molar-refractivity contribution in [3.8, 4) is 0 Å². The van der Waals surface area contributed by atoms with Gasteiger partial charge in [0.1, 0.15) is 6.61 Å². The lowest BCUT2D eigenvalue weighted by Gasteiger charge is -2.19. The summed E-state index contributed by atoms with van der Waals surface area (Å²) in [5.74, 6) is -1.61. The molecule has 0 saturated heterocycles. The van der Waals surface area contributed by atoms with Gasteiger partial charge in [-0.15, -0.1) is 0 Å². The van der Waals surface area contributed by atoms with Gasteiger partial charge in [-0.25, -0.2) is 4.79 Å². The van der Waals surface area contributed by atoms with E-state index in [0.717, 1.165) is 11.6 Å². The number of ether oxygens (including phenoxy) is 1. The molecule has 6 heteroatoms. The molecule has 0 fully saturated rings. The van der Waals surface area contributed by atoms with Crippen LogP contribution in [0.2, 0.25) is 0 Å². The van der Waals surface area contributed by atoms with Crippen molar-refractivity contribution in [3.05, 3.63) is 48.6 Å². The zero-order valence-corrected chi connectivity index (χ0v) is 11.8. The average Bonchev–Trinajstić information content (AvgIpc) is 2.50. The first-order chi connectivity index (χ1) is 9.86. The Labute approximate surface area is 123 Å². The molecule has 21 heavy (non-hydrogen) atoms. The maximum Gasteiger partial charge on any atom is 0.337 e. The lowest BCUT2D eigenvalue weighted by molar-refractivity contribution is -0.155. The topological polar surface area (TPSA) is 95.9 Å². The maximum absolute atomic E-state index is 11.5. The van der Waals surface area contributed by atoms with Crippen molar-refractivity contribution in [2.75, 3.05) is 6.54 Å². The number of carbonyl (C=O) groups excluding carboxylic acids is 2. The molecule has 1 aromatic carbocycles. The van der Waals surface area contributed by atoms with E-state index < -0.39 is 23.6 Å². The summed E-state index contributed by atoms with van der Waals surface area (Å²) in [6.07, 6.45) is -0.444. The Morgan fingerprint density at radius 3 is 2.62 bits per heavy atom. The molecule has 1 rings (SSSR count). The second-order valence-corrected chi connectivity index (χ2v) is 4.67. The van der Waals surface area contributed by atoms with E-state index >= 15 is 0 Å². The quantitative estimate of drug-likeness (QED) is 0.491. The minimum Gasteiger partial charge on any atom is -0.459 e. The Kier molecular flexibility index (Phi) is 6.08. The van der Waals surface area contributed by atoms with Crippen LogP contribution in [0.25, 0.3) is 0 Å². The maximum atomic E-state index is 11.5. The molecule has 0 aliphatic rings. The number of nitrogens with one attached hydrogen (secondary N) is 1. The standard InChI is InChI=1S/C15H19NO5/c1-3-15(2,20)14(19)16-9-12(17)13(18)21-10-11-7-5-4-6-8-11/h3-8,12,17,20H,1,9-10H2,2H3,(H,16,19). The highest BCUT2D eigenvalue weighted by atomic mass is 16.5. The zero-order chi connectivity index (χ0) is 15.9. The van der Waals surface area contributed by atoms with Crippen LogP contribution in [0.3, 0.4) is 0 Å². The van der Waals surface area contributed by atoms with Gasteiger partial charge in [0, 0.05) is 0 Å². The summed E-state index contributed by atoms with van der Waals surface area (Å²) >= 11 is 0. The van der Waals surface area contributed by atoms with Gasteiger partial charge < -0.3 is 20.3 Å². The second-order valence-electron chi connectivity index (χ2n) is 4.67. The van der Waals surface area contributed by atoms with E-state index in [4.69, 9.17) is 4.74 Å². The summed E-state index contributed by atoms with van der Waals surface area (Å²) in [6.45, 7) is 4.25. The fraction of sp³-hybridized carbons (Fsp3) is 0.333. The molecule has 2 atom stereocenters. The van der Waals surface area contributed by atoms with E-state index in [-0.39, 0.29) is 13.2 Å². The fourth-order valence-electron chi connectivity index (χ4n) is 1.37. The molecule has 0 radical (unpaired) electrons. The van der Waals surface area contributed by atoms with Crippen LogP contribution in [0.5, 0.6) is 0 Å². The van der Waals surface area contributed by atoms with Gasteiger partial charge in [-0.05, 0) is 12.5 Å². The van der Waals surface area contributed by atoms with E-state index in [0.29, 0.717) is 0 Å². The van der Waals surface area contributed by atoms with Crippen molar-refractivity contribution in [3.63, 3.8) is 0 Å². The van der Waals surface area contributed by atoms with Crippen molar-refractivity contribution in [1.29, 1.82) is 0 Å². The number of hydrogen-bond donors (Lipinski definition) is 3. The normalized spacial score (nSPS) is 14.6. The van der Waals surface area contributed by atoms with Crippen LogP contribution in [0.1, 0.15) is 12.5 Å². The van der Waals surface area contributed by atoms with Gasteiger partial charge in [0.25, 0.3) is 5.91 Å². The molecule has 0 aliphatic carbocycles. The lowest BCUT2D eigenvalue weighted by atomic mass is 10.1. The van der Waals surface area contributed by atoms with E-state index in [9.17, 15) is 19.8 Å². The number of rotatable bonds is 7. The third kappa shape index (κ3) is 5.37. The SMILES string of the molecule is C=CC(C)(O)C(=O)NCC(O)C(=O)OCc1ccccc1. The third-order valence-electron chi connectivity index (χ3n) is 2.81. The molecule has 0 bridgehead atoms. The number of aliphatic hydroxyl groups excluding tert-OH is 1. The molecule has 0 saturated carbocycles. The highest BCUT2D eigenvalue weighted by Crippen LogP contribution is 2.04. The summed E-state index contributed by atoms with van der Waals surface area (Å²) in [7, 11) is 0. The average molecular weight is 293 g/mol. The van der Waals surface area contributed by atoms with Crippen LogP contribution in [0.15, 0.2) is 43.0 Å². The van der Waals surface area contributed by atoms with Crippen molar-refractivity contribution >= 4 is 11.9 Å². The molecule has 0 heterocycles. The highest BCUT2D eigenvalue weighted by molar-refractivity contribution is 5.87. The predicted molar refractivity (Wildman–Crippen MR) is 76.1 cm³/mol. The number of amides is 1. The molecule has 1 aromatic rings. The van der Waals surface area contributed by atoms with Crippen LogP contribution < -0.4 is 5.32 Å². The van der Waals surface area contributed by atoms with Crippen molar-refractivity contribution < 1.29 is 24.5 Å². The Balaban J connectivity index is 2.38. The Morgan fingerprint density at radius 1 is 1.43 bits per heavy atom. The summed E-state index contributed by atoms with van der Waals surface area (Å²) in [5, 5.41) is 21.4. The largest absolute Gasteiger partial charge is 0.459 e. The molecule has 3 N–H and O–H groups in total. The van der Waals surface area contributed by atoms with E-state index in [1.807, 2.05) is 6.07 Å². The van der Waals surface area contributed by atoms with E-state index in [2.05, 4.69) is 11.9 Å². The lowest BCUT2D eigenvalue weighted by Crippen LogP contribution is -2.47. The summed E-state index contributed by atoms with van der Waals surface area (Å²) in [5.41, 5.74) is -0.968.